The lowest BCUT2D eigenvalue weighted by molar-refractivity contribution is 0.303. The topological polar surface area (TPSA) is 63.4 Å². The Balaban J connectivity index is 1.34. The van der Waals surface area contributed by atoms with E-state index in [1.807, 2.05) is 24.3 Å². The van der Waals surface area contributed by atoms with Crippen LogP contribution in [0.4, 0.5) is 0 Å². The molecule has 1 aliphatic rings. The Labute approximate surface area is 140 Å². The van der Waals surface area contributed by atoms with Crippen LogP contribution >= 0.6 is 12.1 Å². The first-order chi connectivity index (χ1) is 11.3. The molecule has 1 aromatic heterocycles. The number of nitrogens with one attached hydrogen (secondary N) is 1. The molecule has 0 bridgehead atoms. The van der Waals surface area contributed by atoms with Gasteiger partial charge in [-0.1, -0.05) is 5.16 Å². The number of benzene rings is 1. The zero-order chi connectivity index (χ0) is 15.9. The fraction of sp³-hybridized carbons (Fsp3) is 0.500. The van der Waals surface area contributed by atoms with Gasteiger partial charge in [0.1, 0.15) is 5.75 Å². The minimum absolute atomic E-state index is 0.573. The predicted molar refractivity (Wildman–Crippen MR) is 91.0 cm³/mol. The van der Waals surface area contributed by atoms with Crippen molar-refractivity contribution in [2.24, 2.45) is 0 Å². The van der Waals surface area contributed by atoms with E-state index in [-0.39, 0.29) is 0 Å². The molecule has 23 heavy (non-hydrogen) atoms. The summed E-state index contributed by atoms with van der Waals surface area (Å²) in [6.07, 6.45) is 3.49. The molecule has 0 amide bonds. The Hall–Kier alpha value is -1.57. The average molecular weight is 334 g/mol. The van der Waals surface area contributed by atoms with Crippen LogP contribution in [0.15, 0.2) is 28.8 Å². The van der Waals surface area contributed by atoms with Crippen molar-refractivity contribution in [3.8, 4) is 17.1 Å². The van der Waals surface area contributed by atoms with Crippen LogP contribution in [0.2, 0.25) is 0 Å². The molecule has 1 fully saturated rings. The molecule has 2 aromatic rings. The monoisotopic (exact) mass is 334 g/mol. The van der Waals surface area contributed by atoms with Crippen molar-refractivity contribution in [1.29, 1.82) is 0 Å². The summed E-state index contributed by atoms with van der Waals surface area (Å²) in [6.45, 7) is 5.93. The summed E-state index contributed by atoms with van der Waals surface area (Å²) in [5, 5.41) is 3.91. The van der Waals surface area contributed by atoms with E-state index < -0.39 is 0 Å². The van der Waals surface area contributed by atoms with Crippen molar-refractivity contribution < 1.29 is 9.26 Å². The Morgan fingerprint density at radius 1 is 1.26 bits per heavy atom. The van der Waals surface area contributed by atoms with Gasteiger partial charge in [0, 0.05) is 44.3 Å². The molecule has 1 aliphatic heterocycles. The normalized spacial score (nSPS) is 15.2. The highest BCUT2D eigenvalue weighted by molar-refractivity contribution is 7.95. The van der Waals surface area contributed by atoms with Gasteiger partial charge in [0.2, 0.25) is 11.7 Å². The van der Waals surface area contributed by atoms with Crippen LogP contribution in [0.5, 0.6) is 5.75 Å². The number of hydrogen-bond acceptors (Lipinski definition) is 7. The molecular weight excluding hydrogens is 312 g/mol. The summed E-state index contributed by atoms with van der Waals surface area (Å²) < 4.78 is 16.4. The highest BCUT2D eigenvalue weighted by Gasteiger charge is 2.10. The van der Waals surface area contributed by atoms with Gasteiger partial charge in [0.15, 0.2) is 0 Å². The van der Waals surface area contributed by atoms with Crippen molar-refractivity contribution in [3.63, 3.8) is 0 Å². The molecule has 0 aliphatic carbocycles. The van der Waals surface area contributed by atoms with Crippen LogP contribution in [-0.4, -0.2) is 40.7 Å². The summed E-state index contributed by atoms with van der Waals surface area (Å²) in [5.74, 6) is 2.07. The van der Waals surface area contributed by atoms with Crippen molar-refractivity contribution in [1.82, 2.24) is 19.2 Å². The number of nitrogens with zero attached hydrogens (tertiary/aromatic N) is 3. The second-order valence-corrected chi connectivity index (χ2v) is 6.47. The van der Waals surface area contributed by atoms with Crippen LogP contribution in [0, 0.1) is 6.92 Å². The van der Waals surface area contributed by atoms with Gasteiger partial charge in [-0.05, 0) is 43.5 Å². The van der Waals surface area contributed by atoms with E-state index in [0.29, 0.717) is 11.7 Å². The zero-order valence-electron chi connectivity index (χ0n) is 13.3. The first-order valence-corrected chi connectivity index (χ1v) is 8.77. The van der Waals surface area contributed by atoms with E-state index >= 15 is 0 Å². The number of unbranched alkanes of at least 4 members (excludes halogenated alkanes) is 2. The van der Waals surface area contributed by atoms with Gasteiger partial charge >= 0.3 is 0 Å². The molecule has 0 saturated carbocycles. The molecule has 1 aromatic carbocycles. The molecule has 1 N–H and O–H groups in total. The SMILES string of the molecule is Cc1nc(-c2ccc(OCCCCCN3CCNS3)cc2)no1. The van der Waals surface area contributed by atoms with E-state index in [4.69, 9.17) is 9.26 Å². The Morgan fingerprint density at radius 2 is 2.13 bits per heavy atom. The maximum absolute atomic E-state index is 5.78. The number of hydrogen-bond donors (Lipinski definition) is 1. The molecule has 7 heteroatoms. The van der Waals surface area contributed by atoms with Gasteiger partial charge in [0.25, 0.3) is 0 Å². The minimum Gasteiger partial charge on any atom is -0.494 e. The summed E-state index contributed by atoms with van der Waals surface area (Å²) in [6, 6.07) is 7.82. The maximum atomic E-state index is 5.78. The maximum Gasteiger partial charge on any atom is 0.223 e. The van der Waals surface area contributed by atoms with Crippen molar-refractivity contribution in [2.75, 3.05) is 26.2 Å². The van der Waals surface area contributed by atoms with Crippen LogP contribution in [0.1, 0.15) is 25.2 Å². The van der Waals surface area contributed by atoms with Crippen LogP contribution in [0.3, 0.4) is 0 Å². The highest BCUT2D eigenvalue weighted by atomic mass is 32.2. The fourth-order valence-corrected chi connectivity index (χ4v) is 3.15. The summed E-state index contributed by atoms with van der Waals surface area (Å²) in [4.78, 5) is 4.21. The lowest BCUT2D eigenvalue weighted by Crippen LogP contribution is -2.14. The first kappa shape index (κ1) is 16.3. The third-order valence-corrected chi connectivity index (χ3v) is 4.57. The van der Waals surface area contributed by atoms with Crippen LogP contribution in [0.25, 0.3) is 11.4 Å². The Morgan fingerprint density at radius 3 is 2.83 bits per heavy atom. The molecule has 0 spiro atoms. The van der Waals surface area contributed by atoms with E-state index in [9.17, 15) is 0 Å². The van der Waals surface area contributed by atoms with E-state index in [1.54, 1.807) is 19.1 Å². The molecular formula is C16H22N4O2S. The van der Waals surface area contributed by atoms with Gasteiger partial charge in [0.05, 0.1) is 6.61 Å². The van der Waals surface area contributed by atoms with E-state index in [0.717, 1.165) is 44.0 Å². The predicted octanol–water partition coefficient (Wildman–Crippen LogP) is 3.06. The van der Waals surface area contributed by atoms with Gasteiger partial charge < -0.3 is 9.26 Å². The third kappa shape index (κ3) is 4.95. The Kier molecular flexibility index (Phi) is 5.90. The second kappa shape index (κ2) is 8.33. The van der Waals surface area contributed by atoms with Gasteiger partial charge in [-0.25, -0.2) is 9.03 Å². The summed E-state index contributed by atoms with van der Waals surface area (Å²) in [5.41, 5.74) is 0.936. The molecule has 124 valence electrons. The van der Waals surface area contributed by atoms with Crippen molar-refractivity contribution in [3.05, 3.63) is 30.2 Å². The largest absolute Gasteiger partial charge is 0.494 e. The highest BCUT2D eigenvalue weighted by Crippen LogP contribution is 2.20. The number of aromatic nitrogens is 2. The standard InChI is InChI=1S/C16H22N4O2S/c1-13-18-16(19-22-13)14-5-7-15(8-6-14)21-12-4-2-3-10-20-11-9-17-23-20/h5-8,17H,2-4,9-12H2,1H3. The number of ether oxygens (including phenoxy) is 1. The quantitative estimate of drug-likeness (QED) is 0.588. The second-order valence-electron chi connectivity index (χ2n) is 5.49. The smallest absolute Gasteiger partial charge is 0.223 e. The molecule has 3 rings (SSSR count). The third-order valence-electron chi connectivity index (χ3n) is 3.62. The summed E-state index contributed by atoms with van der Waals surface area (Å²) >= 11 is 1.74. The van der Waals surface area contributed by atoms with Gasteiger partial charge in [-0.3, -0.25) is 0 Å². The van der Waals surface area contributed by atoms with Crippen LogP contribution in [-0.2, 0) is 0 Å². The lowest BCUT2D eigenvalue weighted by Gasteiger charge is -2.11. The summed E-state index contributed by atoms with van der Waals surface area (Å²) in [7, 11) is 0. The van der Waals surface area contributed by atoms with Crippen LogP contribution < -0.4 is 9.46 Å². The van der Waals surface area contributed by atoms with E-state index in [2.05, 4.69) is 19.2 Å². The molecule has 0 unspecified atom stereocenters. The molecule has 0 radical (unpaired) electrons. The minimum atomic E-state index is 0.573. The zero-order valence-corrected chi connectivity index (χ0v) is 14.1. The van der Waals surface area contributed by atoms with E-state index in [1.165, 1.54) is 12.8 Å². The number of rotatable bonds is 8. The van der Waals surface area contributed by atoms with Crippen molar-refractivity contribution >= 4 is 12.1 Å². The number of aryl methyl sites for hydroxylation is 1. The molecule has 1 saturated heterocycles. The van der Waals surface area contributed by atoms with Gasteiger partial charge in [-0.15, -0.1) is 0 Å². The van der Waals surface area contributed by atoms with Gasteiger partial charge in [-0.2, -0.15) is 4.98 Å². The molecule has 2 heterocycles. The Bertz CT molecular complexity index is 596. The average Bonchev–Trinajstić information content (AvgIpc) is 3.23. The van der Waals surface area contributed by atoms with Crippen molar-refractivity contribution in [2.45, 2.75) is 26.2 Å². The first-order valence-electron chi connectivity index (χ1n) is 7.99. The molecule has 6 nitrogen and oxygen atoms in total. The molecule has 0 atom stereocenters. The lowest BCUT2D eigenvalue weighted by atomic mass is 10.2. The fourth-order valence-electron chi connectivity index (χ4n) is 2.38.